The lowest BCUT2D eigenvalue weighted by Crippen LogP contribution is -2.33. The number of hydrogen-bond donors (Lipinski definition) is 2. The lowest BCUT2D eigenvalue weighted by molar-refractivity contribution is 0.265. The Bertz CT molecular complexity index is 374. The van der Waals surface area contributed by atoms with Gasteiger partial charge in [0.1, 0.15) is 5.82 Å². The van der Waals surface area contributed by atoms with Crippen molar-refractivity contribution in [1.82, 2.24) is 20.2 Å². The van der Waals surface area contributed by atoms with E-state index in [4.69, 9.17) is 0 Å². The van der Waals surface area contributed by atoms with E-state index < -0.39 is 0 Å². The number of nitrogens with zero attached hydrogens (tertiary/aromatic N) is 2. The van der Waals surface area contributed by atoms with Crippen LogP contribution in [0.25, 0.3) is 0 Å². The van der Waals surface area contributed by atoms with Gasteiger partial charge in [-0.05, 0) is 19.9 Å². The topological polar surface area (TPSA) is 44.0 Å². The maximum absolute atomic E-state index is 4.54. The molecule has 3 rings (SSSR count). The first-order valence-corrected chi connectivity index (χ1v) is 7.53. The highest BCUT2D eigenvalue weighted by atomic mass is 32.2. The van der Waals surface area contributed by atoms with Crippen LogP contribution in [0.1, 0.15) is 30.4 Å². The van der Waals surface area contributed by atoms with Gasteiger partial charge >= 0.3 is 0 Å². The molecule has 5 heteroatoms. The molecule has 1 aliphatic carbocycles. The number of aromatic amines is 1. The van der Waals surface area contributed by atoms with Crippen molar-refractivity contribution in [2.24, 2.45) is 0 Å². The van der Waals surface area contributed by atoms with Gasteiger partial charge in [-0.2, -0.15) is 11.8 Å². The van der Waals surface area contributed by atoms with Gasteiger partial charge in [-0.25, -0.2) is 4.98 Å². The summed E-state index contributed by atoms with van der Waals surface area (Å²) in [7, 11) is 2.19. The quantitative estimate of drug-likeness (QED) is 0.850. The minimum atomic E-state index is 0.462. The van der Waals surface area contributed by atoms with E-state index in [-0.39, 0.29) is 0 Å². The lowest BCUT2D eigenvalue weighted by Gasteiger charge is -2.30. The third-order valence-electron chi connectivity index (χ3n) is 3.52. The van der Waals surface area contributed by atoms with Crippen LogP contribution >= 0.6 is 11.8 Å². The van der Waals surface area contributed by atoms with Crippen molar-refractivity contribution in [3.05, 3.63) is 17.7 Å². The van der Waals surface area contributed by atoms with Crippen molar-refractivity contribution in [2.75, 3.05) is 25.1 Å². The normalized spacial score (nSPS) is 26.3. The van der Waals surface area contributed by atoms with Gasteiger partial charge < -0.3 is 10.3 Å². The lowest BCUT2D eigenvalue weighted by atomic mass is 10.3. The number of aromatic nitrogens is 2. The van der Waals surface area contributed by atoms with Gasteiger partial charge in [0, 0.05) is 42.5 Å². The summed E-state index contributed by atoms with van der Waals surface area (Å²) in [5.74, 6) is 3.52. The summed E-state index contributed by atoms with van der Waals surface area (Å²) in [4.78, 5) is 10.4. The number of rotatable bonds is 4. The van der Waals surface area contributed by atoms with Crippen molar-refractivity contribution < 1.29 is 0 Å². The van der Waals surface area contributed by atoms with Gasteiger partial charge in [-0.15, -0.1) is 0 Å². The Hall–Kier alpha value is -0.520. The molecule has 2 heterocycles. The van der Waals surface area contributed by atoms with Crippen LogP contribution in [0.2, 0.25) is 0 Å². The van der Waals surface area contributed by atoms with Crippen LogP contribution < -0.4 is 5.32 Å². The fourth-order valence-electron chi connectivity index (χ4n) is 2.15. The Labute approximate surface area is 107 Å². The summed E-state index contributed by atoms with van der Waals surface area (Å²) >= 11 is 2.02. The summed E-state index contributed by atoms with van der Waals surface area (Å²) in [5.41, 5.74) is 1.22. The highest BCUT2D eigenvalue weighted by Crippen LogP contribution is 2.26. The molecule has 2 aliphatic rings. The maximum atomic E-state index is 4.54. The largest absolute Gasteiger partial charge is 0.343 e. The van der Waals surface area contributed by atoms with Crippen LogP contribution in [-0.4, -0.2) is 46.0 Å². The number of H-pyrrole nitrogens is 1. The molecule has 1 saturated heterocycles. The van der Waals surface area contributed by atoms with E-state index >= 15 is 0 Å². The van der Waals surface area contributed by atoms with Crippen molar-refractivity contribution in [1.29, 1.82) is 0 Å². The Morgan fingerprint density at radius 1 is 1.59 bits per heavy atom. The van der Waals surface area contributed by atoms with Crippen LogP contribution in [0.15, 0.2) is 6.20 Å². The monoisotopic (exact) mass is 252 g/mol. The van der Waals surface area contributed by atoms with Crippen molar-refractivity contribution >= 4 is 11.8 Å². The smallest absolute Gasteiger partial charge is 0.124 e. The predicted molar refractivity (Wildman–Crippen MR) is 71.1 cm³/mol. The van der Waals surface area contributed by atoms with E-state index in [1.54, 1.807) is 0 Å². The van der Waals surface area contributed by atoms with Gasteiger partial charge in [0.05, 0.1) is 6.04 Å². The molecular weight excluding hydrogens is 232 g/mol. The second-order valence-electron chi connectivity index (χ2n) is 5.02. The van der Waals surface area contributed by atoms with Crippen LogP contribution in [0.4, 0.5) is 0 Å². The molecule has 2 fully saturated rings. The summed E-state index contributed by atoms with van der Waals surface area (Å²) < 4.78 is 0. The second-order valence-corrected chi connectivity index (χ2v) is 6.17. The van der Waals surface area contributed by atoms with Gasteiger partial charge in [0.15, 0.2) is 0 Å². The Morgan fingerprint density at radius 3 is 3.24 bits per heavy atom. The van der Waals surface area contributed by atoms with Crippen LogP contribution in [0, 0.1) is 0 Å². The fraction of sp³-hybridized carbons (Fsp3) is 0.750. The molecule has 0 bridgehead atoms. The summed E-state index contributed by atoms with van der Waals surface area (Å²) in [6.07, 6.45) is 4.66. The van der Waals surface area contributed by atoms with Crippen LogP contribution in [0.5, 0.6) is 0 Å². The third kappa shape index (κ3) is 2.84. The molecule has 2 N–H and O–H groups in total. The molecule has 1 atom stereocenters. The summed E-state index contributed by atoms with van der Waals surface area (Å²) in [6.45, 7) is 2.09. The molecule has 0 radical (unpaired) electrons. The van der Waals surface area contributed by atoms with Gasteiger partial charge in [-0.1, -0.05) is 0 Å². The molecule has 1 saturated carbocycles. The zero-order valence-corrected chi connectivity index (χ0v) is 11.1. The van der Waals surface area contributed by atoms with Crippen molar-refractivity contribution in [2.45, 2.75) is 31.5 Å². The predicted octanol–water partition coefficient (Wildman–Crippen LogP) is 1.38. The Balaban J connectivity index is 1.61. The van der Waals surface area contributed by atoms with E-state index in [1.807, 2.05) is 18.0 Å². The van der Waals surface area contributed by atoms with E-state index in [2.05, 4.69) is 27.2 Å². The minimum absolute atomic E-state index is 0.462. The minimum Gasteiger partial charge on any atom is -0.343 e. The van der Waals surface area contributed by atoms with Gasteiger partial charge in [-0.3, -0.25) is 4.90 Å². The van der Waals surface area contributed by atoms with Crippen molar-refractivity contribution in [3.63, 3.8) is 0 Å². The van der Waals surface area contributed by atoms with Crippen LogP contribution in [0.3, 0.4) is 0 Å². The first-order chi connectivity index (χ1) is 8.33. The molecule has 1 aromatic rings. The molecular formula is C12H20N4S. The fourth-order valence-corrected chi connectivity index (χ4v) is 3.37. The van der Waals surface area contributed by atoms with E-state index in [0.29, 0.717) is 6.04 Å². The highest BCUT2D eigenvalue weighted by molar-refractivity contribution is 7.99. The molecule has 4 nitrogen and oxygen atoms in total. The maximum Gasteiger partial charge on any atom is 0.124 e. The Morgan fingerprint density at radius 2 is 2.47 bits per heavy atom. The zero-order chi connectivity index (χ0) is 11.7. The molecule has 0 aromatic carbocycles. The van der Waals surface area contributed by atoms with Gasteiger partial charge in [0.25, 0.3) is 0 Å². The number of thioether (sulfide) groups is 1. The first-order valence-electron chi connectivity index (χ1n) is 6.38. The van der Waals surface area contributed by atoms with Crippen molar-refractivity contribution in [3.8, 4) is 0 Å². The number of hydrogen-bond acceptors (Lipinski definition) is 4. The standard InChI is InChI=1S/C12H20N4S/c1-16-4-5-17-8-11(16)12-14-7-10(15-12)6-13-9-2-3-9/h7,9,11,13H,2-6,8H2,1H3,(H,14,15). The molecule has 1 aliphatic heterocycles. The summed E-state index contributed by atoms with van der Waals surface area (Å²) in [6, 6.07) is 1.22. The first kappa shape index (κ1) is 11.6. The van der Waals surface area contributed by atoms with Gasteiger partial charge in [0.2, 0.25) is 0 Å². The molecule has 1 unspecified atom stereocenters. The van der Waals surface area contributed by atoms with E-state index in [0.717, 1.165) is 30.7 Å². The average Bonchev–Trinajstić information content (AvgIpc) is 3.06. The third-order valence-corrected chi connectivity index (χ3v) is 4.54. The summed E-state index contributed by atoms with van der Waals surface area (Å²) in [5, 5.41) is 3.51. The Kier molecular flexibility index (Phi) is 3.40. The molecule has 17 heavy (non-hydrogen) atoms. The second kappa shape index (κ2) is 5.00. The number of nitrogens with one attached hydrogen (secondary N) is 2. The molecule has 0 amide bonds. The zero-order valence-electron chi connectivity index (χ0n) is 10.3. The highest BCUT2D eigenvalue weighted by Gasteiger charge is 2.24. The molecule has 1 aromatic heterocycles. The number of imidazole rings is 1. The van der Waals surface area contributed by atoms with Crippen LogP contribution in [-0.2, 0) is 6.54 Å². The molecule has 0 spiro atoms. The molecule has 94 valence electrons. The van der Waals surface area contributed by atoms with E-state index in [9.17, 15) is 0 Å². The average molecular weight is 252 g/mol. The SMILES string of the molecule is CN1CCSCC1c1ncc(CNC2CC2)[nH]1. The van der Waals surface area contributed by atoms with E-state index in [1.165, 1.54) is 24.3 Å².